The van der Waals surface area contributed by atoms with E-state index >= 15 is 0 Å². The van der Waals surface area contributed by atoms with Crippen molar-refractivity contribution in [2.24, 2.45) is 4.40 Å². The van der Waals surface area contributed by atoms with Gasteiger partial charge in [-0.3, -0.25) is 0 Å². The molecule has 3 aromatic carbocycles. The smallest absolute Gasteiger partial charge is 0.290 e. The van der Waals surface area contributed by atoms with Gasteiger partial charge in [0.05, 0.1) is 13.2 Å². The van der Waals surface area contributed by atoms with E-state index in [4.69, 9.17) is 9.47 Å². The third kappa shape index (κ3) is 7.68. The summed E-state index contributed by atoms with van der Waals surface area (Å²) >= 11 is 1.04. The first kappa shape index (κ1) is 26.4. The summed E-state index contributed by atoms with van der Waals surface area (Å²) in [6.45, 7) is 3.16. The van der Waals surface area contributed by atoms with Gasteiger partial charge in [0.2, 0.25) is 0 Å². The SMILES string of the molecule is Cc1cccc(OCCCOc2ccc(-c3ccccc3CC/C([O-])=N\S(=O)(=O)c3cccs3)cc2)c1. The van der Waals surface area contributed by atoms with Crippen LogP contribution in [0.4, 0.5) is 0 Å². The summed E-state index contributed by atoms with van der Waals surface area (Å²) in [4.78, 5) is 0. The van der Waals surface area contributed by atoms with Gasteiger partial charge in [-0.05, 0) is 83.6 Å². The first-order chi connectivity index (χ1) is 17.9. The first-order valence-corrected chi connectivity index (χ1v) is 14.3. The van der Waals surface area contributed by atoms with Gasteiger partial charge in [0, 0.05) is 6.42 Å². The lowest BCUT2D eigenvalue weighted by Crippen LogP contribution is -2.20. The zero-order chi connectivity index (χ0) is 26.1. The minimum atomic E-state index is -3.94. The van der Waals surface area contributed by atoms with Gasteiger partial charge in [0.25, 0.3) is 10.0 Å². The van der Waals surface area contributed by atoms with Crippen molar-refractivity contribution in [1.29, 1.82) is 0 Å². The molecule has 0 aliphatic heterocycles. The number of rotatable bonds is 12. The Morgan fingerprint density at radius 2 is 1.65 bits per heavy atom. The largest absolute Gasteiger partial charge is 0.861 e. The number of aryl methyl sites for hydroxylation is 2. The molecule has 1 heterocycles. The van der Waals surface area contributed by atoms with Gasteiger partial charge < -0.3 is 14.6 Å². The van der Waals surface area contributed by atoms with Crippen molar-refractivity contribution in [1.82, 2.24) is 0 Å². The molecule has 0 N–H and O–H groups in total. The quantitative estimate of drug-likeness (QED) is 0.133. The molecule has 0 bridgehead atoms. The summed E-state index contributed by atoms with van der Waals surface area (Å²) in [5.74, 6) is 0.977. The van der Waals surface area contributed by atoms with E-state index in [1.165, 1.54) is 11.6 Å². The highest BCUT2D eigenvalue weighted by atomic mass is 32.2. The molecule has 0 unspecified atom stereocenters. The summed E-state index contributed by atoms with van der Waals surface area (Å²) in [5, 5.41) is 13.9. The third-order valence-corrected chi connectivity index (χ3v) is 8.25. The second-order valence-corrected chi connectivity index (χ2v) is 11.2. The number of nitrogens with zero attached hydrogens (tertiary/aromatic N) is 1. The van der Waals surface area contributed by atoms with E-state index < -0.39 is 15.9 Å². The fourth-order valence-electron chi connectivity index (χ4n) is 3.77. The molecule has 4 rings (SSSR count). The van der Waals surface area contributed by atoms with E-state index in [1.807, 2.05) is 79.7 Å². The van der Waals surface area contributed by atoms with Crippen molar-refractivity contribution in [3.63, 3.8) is 0 Å². The summed E-state index contributed by atoms with van der Waals surface area (Å²) in [7, 11) is -3.94. The van der Waals surface area contributed by atoms with Gasteiger partial charge in [-0.25, -0.2) is 0 Å². The molecular weight excluding hydrogens is 506 g/mol. The molecular formula is C29H28NO5S2-. The van der Waals surface area contributed by atoms with Crippen LogP contribution in [0.25, 0.3) is 11.1 Å². The predicted octanol–water partition coefficient (Wildman–Crippen LogP) is 5.65. The van der Waals surface area contributed by atoms with Crippen LogP contribution < -0.4 is 14.6 Å². The van der Waals surface area contributed by atoms with Gasteiger partial charge in [-0.15, -0.1) is 11.3 Å². The van der Waals surface area contributed by atoms with Crippen molar-refractivity contribution in [3.05, 3.63) is 101 Å². The zero-order valence-corrected chi connectivity index (χ0v) is 22.1. The minimum Gasteiger partial charge on any atom is -0.861 e. The van der Waals surface area contributed by atoms with Gasteiger partial charge in [-0.2, -0.15) is 12.8 Å². The average molecular weight is 535 g/mol. The highest BCUT2D eigenvalue weighted by Gasteiger charge is 2.13. The standard InChI is InChI=1S/C29H29NO5S2/c1-22-7-4-9-26(21-22)35-19-6-18-34-25-15-12-24(13-16-25)27-10-3-2-8-23(27)14-17-28(31)30-37(32,33)29-11-5-20-36-29/h2-5,7-13,15-16,20-21H,6,14,17-19H2,1H3,(H,30,31)/p-1. The summed E-state index contributed by atoms with van der Waals surface area (Å²) < 4.78 is 39.6. The topological polar surface area (TPSA) is 88.0 Å². The number of ether oxygens (including phenoxy) is 2. The van der Waals surface area contributed by atoms with Gasteiger partial charge in [0.1, 0.15) is 15.7 Å². The molecule has 0 saturated heterocycles. The molecule has 0 amide bonds. The van der Waals surface area contributed by atoms with Crippen LogP contribution in [0, 0.1) is 6.92 Å². The maximum Gasteiger partial charge on any atom is 0.290 e. The molecule has 0 fully saturated rings. The highest BCUT2D eigenvalue weighted by molar-refractivity contribution is 7.92. The van der Waals surface area contributed by atoms with Crippen LogP contribution in [0.1, 0.15) is 24.0 Å². The lowest BCUT2D eigenvalue weighted by atomic mass is 9.96. The predicted molar refractivity (Wildman–Crippen MR) is 146 cm³/mol. The minimum absolute atomic E-state index is 0.00738. The lowest BCUT2D eigenvalue weighted by Gasteiger charge is -2.14. The Bertz CT molecular complexity index is 1430. The zero-order valence-electron chi connectivity index (χ0n) is 20.5. The van der Waals surface area contributed by atoms with Crippen molar-refractivity contribution in [2.45, 2.75) is 30.4 Å². The highest BCUT2D eigenvalue weighted by Crippen LogP contribution is 2.27. The van der Waals surface area contributed by atoms with E-state index in [9.17, 15) is 13.5 Å². The molecule has 0 aliphatic rings. The maximum atomic E-state index is 12.3. The fraction of sp³-hybridized carbons (Fsp3) is 0.207. The Hall–Kier alpha value is -3.62. The van der Waals surface area contributed by atoms with E-state index in [0.717, 1.165) is 45.9 Å². The summed E-state index contributed by atoms with van der Waals surface area (Å²) in [6, 6.07) is 26.6. The molecule has 4 aromatic rings. The number of hydrogen-bond acceptors (Lipinski definition) is 6. The number of thiophene rings is 1. The molecule has 0 saturated carbocycles. The second-order valence-electron chi connectivity index (χ2n) is 8.44. The van der Waals surface area contributed by atoms with Crippen LogP contribution in [0.15, 0.2) is 98.9 Å². The van der Waals surface area contributed by atoms with Crippen LogP contribution >= 0.6 is 11.3 Å². The average Bonchev–Trinajstić information content (AvgIpc) is 3.44. The molecule has 8 heteroatoms. The van der Waals surface area contributed by atoms with Gasteiger partial charge in [-0.1, -0.05) is 54.6 Å². The van der Waals surface area contributed by atoms with Crippen LogP contribution in [0.2, 0.25) is 0 Å². The Balaban J connectivity index is 1.31. The molecule has 1 aromatic heterocycles. The summed E-state index contributed by atoms with van der Waals surface area (Å²) in [5.41, 5.74) is 4.08. The van der Waals surface area contributed by atoms with Crippen LogP contribution in [0.3, 0.4) is 0 Å². The Kier molecular flexibility index (Phi) is 8.98. The van der Waals surface area contributed by atoms with Crippen LogP contribution in [0.5, 0.6) is 11.5 Å². The van der Waals surface area contributed by atoms with Gasteiger partial charge in [0.15, 0.2) is 0 Å². The molecule has 192 valence electrons. The number of sulfonamides is 1. The normalized spacial score (nSPS) is 11.9. The summed E-state index contributed by atoms with van der Waals surface area (Å²) in [6.07, 6.45) is 1.16. The van der Waals surface area contributed by atoms with Crippen LogP contribution in [-0.2, 0) is 16.4 Å². The maximum absolute atomic E-state index is 12.3. The Labute approximate surface area is 221 Å². The third-order valence-electron chi connectivity index (χ3n) is 5.58. The van der Waals surface area contributed by atoms with Crippen molar-refractivity contribution < 1.29 is 23.0 Å². The van der Waals surface area contributed by atoms with Crippen molar-refractivity contribution >= 4 is 27.3 Å². The molecule has 0 spiro atoms. The van der Waals surface area contributed by atoms with E-state index in [1.54, 1.807) is 11.4 Å². The molecule has 0 aliphatic carbocycles. The van der Waals surface area contributed by atoms with Crippen molar-refractivity contribution in [3.8, 4) is 22.6 Å². The van der Waals surface area contributed by atoms with Crippen molar-refractivity contribution in [2.75, 3.05) is 13.2 Å². The number of hydrogen-bond donors (Lipinski definition) is 0. The van der Waals surface area contributed by atoms with Gasteiger partial charge >= 0.3 is 0 Å². The van der Waals surface area contributed by atoms with E-state index in [-0.39, 0.29) is 10.6 Å². The Morgan fingerprint density at radius 3 is 2.38 bits per heavy atom. The lowest BCUT2D eigenvalue weighted by molar-refractivity contribution is -0.218. The van der Waals surface area contributed by atoms with E-state index in [2.05, 4.69) is 4.40 Å². The monoisotopic (exact) mass is 534 g/mol. The second kappa shape index (κ2) is 12.6. The molecule has 0 atom stereocenters. The molecule has 37 heavy (non-hydrogen) atoms. The fourth-order valence-corrected chi connectivity index (χ4v) is 5.68. The molecule has 6 nitrogen and oxygen atoms in total. The van der Waals surface area contributed by atoms with Crippen LogP contribution in [-0.4, -0.2) is 27.5 Å². The first-order valence-electron chi connectivity index (χ1n) is 12.0. The number of benzene rings is 3. The molecule has 0 radical (unpaired) electrons. The van der Waals surface area contributed by atoms with E-state index in [0.29, 0.717) is 19.6 Å². The Morgan fingerprint density at radius 1 is 0.892 bits per heavy atom.